The topological polar surface area (TPSA) is 51.0 Å². The van der Waals surface area contributed by atoms with Crippen LogP contribution in [0.2, 0.25) is 5.02 Å². The molecule has 0 spiro atoms. The summed E-state index contributed by atoms with van der Waals surface area (Å²) in [6.07, 6.45) is 0.852. The second-order valence-electron chi connectivity index (χ2n) is 3.86. The van der Waals surface area contributed by atoms with Gasteiger partial charge in [0.1, 0.15) is 5.38 Å². The summed E-state index contributed by atoms with van der Waals surface area (Å²) < 4.78 is 5.32. The maximum Gasteiger partial charge on any atom is 0.315 e. The average Bonchev–Trinajstić information content (AvgIpc) is 2.81. The number of aromatic nitrogens is 2. The van der Waals surface area contributed by atoms with Crippen LogP contribution in [0.15, 0.2) is 28.7 Å². The van der Waals surface area contributed by atoms with E-state index in [4.69, 9.17) is 27.6 Å². The Morgan fingerprint density at radius 1 is 1.28 bits per heavy atom. The zero-order valence-electron chi connectivity index (χ0n) is 9.86. The van der Waals surface area contributed by atoms with Crippen LogP contribution < -0.4 is 5.32 Å². The van der Waals surface area contributed by atoms with Gasteiger partial charge < -0.3 is 9.73 Å². The highest BCUT2D eigenvalue weighted by atomic mass is 35.5. The highest BCUT2D eigenvalue weighted by Crippen LogP contribution is 2.19. The van der Waals surface area contributed by atoms with Crippen LogP contribution in [0.3, 0.4) is 0 Å². The molecule has 1 atom stereocenters. The van der Waals surface area contributed by atoms with Gasteiger partial charge in [0.25, 0.3) is 0 Å². The first-order valence-electron chi connectivity index (χ1n) is 5.61. The minimum atomic E-state index is -0.274. The van der Waals surface area contributed by atoms with E-state index in [1.54, 1.807) is 6.92 Å². The molecule has 18 heavy (non-hydrogen) atoms. The van der Waals surface area contributed by atoms with Gasteiger partial charge in [0.2, 0.25) is 5.89 Å². The lowest BCUT2D eigenvalue weighted by Crippen LogP contribution is -2.04. The molecule has 0 saturated heterocycles. The van der Waals surface area contributed by atoms with Crippen molar-refractivity contribution in [2.24, 2.45) is 0 Å². The molecule has 0 bridgehead atoms. The van der Waals surface area contributed by atoms with Crippen molar-refractivity contribution >= 4 is 29.2 Å². The van der Waals surface area contributed by atoms with E-state index in [9.17, 15) is 0 Å². The highest BCUT2D eigenvalue weighted by Gasteiger charge is 2.10. The Bertz CT molecular complexity index is 496. The van der Waals surface area contributed by atoms with Gasteiger partial charge in [-0.05, 0) is 31.0 Å². The molecule has 6 heteroatoms. The van der Waals surface area contributed by atoms with Crippen molar-refractivity contribution < 1.29 is 4.42 Å². The van der Waals surface area contributed by atoms with Gasteiger partial charge in [-0.15, -0.1) is 16.7 Å². The van der Waals surface area contributed by atoms with Crippen LogP contribution in [0.5, 0.6) is 0 Å². The van der Waals surface area contributed by atoms with Gasteiger partial charge in [0.15, 0.2) is 0 Å². The van der Waals surface area contributed by atoms with Crippen LogP contribution in [-0.4, -0.2) is 16.7 Å². The molecule has 0 fully saturated rings. The molecule has 1 aromatic heterocycles. The number of hydrogen-bond acceptors (Lipinski definition) is 4. The van der Waals surface area contributed by atoms with Gasteiger partial charge in [-0.3, -0.25) is 0 Å². The fourth-order valence-electron chi connectivity index (χ4n) is 1.43. The van der Waals surface area contributed by atoms with Crippen molar-refractivity contribution in [1.82, 2.24) is 10.2 Å². The predicted octanol–water partition coefficient (Wildman–Crippen LogP) is 3.68. The lowest BCUT2D eigenvalue weighted by molar-refractivity contribution is 0.506. The van der Waals surface area contributed by atoms with Crippen LogP contribution in [-0.2, 0) is 6.42 Å². The molecule has 0 radical (unpaired) electrons. The Balaban J connectivity index is 1.82. The summed E-state index contributed by atoms with van der Waals surface area (Å²) >= 11 is 11.6. The molecule has 2 aromatic rings. The SMILES string of the molecule is CC(Cl)c1nnc(NCCc2ccc(Cl)cc2)o1. The average molecular weight is 286 g/mol. The number of halogens is 2. The number of nitrogens with zero attached hydrogens (tertiary/aromatic N) is 2. The summed E-state index contributed by atoms with van der Waals surface area (Å²) in [4.78, 5) is 0. The van der Waals surface area contributed by atoms with Crippen molar-refractivity contribution in [1.29, 1.82) is 0 Å². The Labute approximate surface area is 115 Å². The molecular weight excluding hydrogens is 273 g/mol. The van der Waals surface area contributed by atoms with Gasteiger partial charge in [-0.25, -0.2) is 0 Å². The van der Waals surface area contributed by atoms with E-state index in [-0.39, 0.29) is 5.38 Å². The van der Waals surface area contributed by atoms with Gasteiger partial charge in [0, 0.05) is 11.6 Å². The van der Waals surface area contributed by atoms with Crippen LogP contribution in [0, 0.1) is 0 Å². The van der Waals surface area contributed by atoms with Gasteiger partial charge >= 0.3 is 6.01 Å². The molecule has 0 aliphatic carbocycles. The summed E-state index contributed by atoms with van der Waals surface area (Å²) in [5.74, 6) is 0.422. The van der Waals surface area contributed by atoms with Gasteiger partial charge in [-0.1, -0.05) is 28.8 Å². The minimum absolute atomic E-state index is 0.274. The van der Waals surface area contributed by atoms with Crippen LogP contribution >= 0.6 is 23.2 Å². The van der Waals surface area contributed by atoms with Crippen molar-refractivity contribution in [3.05, 3.63) is 40.7 Å². The molecule has 2 rings (SSSR count). The summed E-state index contributed by atoms with van der Waals surface area (Å²) in [6.45, 7) is 2.49. The van der Waals surface area contributed by atoms with Crippen LogP contribution in [0.25, 0.3) is 0 Å². The summed E-state index contributed by atoms with van der Waals surface area (Å²) in [7, 11) is 0. The largest absolute Gasteiger partial charge is 0.407 e. The third-order valence-corrected chi connectivity index (χ3v) is 2.82. The Hall–Kier alpha value is -1.26. The third kappa shape index (κ3) is 3.62. The van der Waals surface area contributed by atoms with Crippen LogP contribution in [0.4, 0.5) is 6.01 Å². The zero-order chi connectivity index (χ0) is 13.0. The fraction of sp³-hybridized carbons (Fsp3) is 0.333. The molecule has 4 nitrogen and oxygen atoms in total. The van der Waals surface area contributed by atoms with Crippen molar-refractivity contribution in [3.8, 4) is 0 Å². The Kier molecular flexibility index (Phi) is 4.44. The molecule has 0 saturated carbocycles. The first-order valence-corrected chi connectivity index (χ1v) is 6.42. The van der Waals surface area contributed by atoms with Crippen molar-refractivity contribution in [2.75, 3.05) is 11.9 Å². The fourth-order valence-corrected chi connectivity index (χ4v) is 1.65. The second-order valence-corrected chi connectivity index (χ2v) is 4.96. The van der Waals surface area contributed by atoms with E-state index in [1.165, 1.54) is 5.56 Å². The number of nitrogens with one attached hydrogen (secondary N) is 1. The predicted molar refractivity (Wildman–Crippen MR) is 72.2 cm³/mol. The first kappa shape index (κ1) is 13.2. The summed E-state index contributed by atoms with van der Waals surface area (Å²) in [6, 6.07) is 8.12. The Morgan fingerprint density at radius 2 is 2.00 bits per heavy atom. The first-order chi connectivity index (χ1) is 8.65. The normalized spacial score (nSPS) is 12.4. The lowest BCUT2D eigenvalue weighted by atomic mass is 10.1. The van der Waals surface area contributed by atoms with Crippen LogP contribution in [0.1, 0.15) is 23.8 Å². The smallest absolute Gasteiger partial charge is 0.315 e. The van der Waals surface area contributed by atoms with Crippen molar-refractivity contribution in [2.45, 2.75) is 18.7 Å². The molecule has 0 aliphatic rings. The number of benzene rings is 1. The van der Waals surface area contributed by atoms with E-state index >= 15 is 0 Å². The molecule has 0 aliphatic heterocycles. The van der Waals surface area contributed by atoms with Gasteiger partial charge in [-0.2, -0.15) is 0 Å². The molecule has 1 unspecified atom stereocenters. The number of alkyl halides is 1. The summed E-state index contributed by atoms with van der Waals surface area (Å²) in [5.41, 5.74) is 1.19. The molecule has 1 N–H and O–H groups in total. The lowest BCUT2D eigenvalue weighted by Gasteiger charge is -2.02. The molecule has 96 valence electrons. The monoisotopic (exact) mass is 285 g/mol. The number of rotatable bonds is 5. The zero-order valence-corrected chi connectivity index (χ0v) is 11.4. The van der Waals surface area contributed by atoms with Gasteiger partial charge in [0.05, 0.1) is 0 Å². The van der Waals surface area contributed by atoms with E-state index in [1.807, 2.05) is 24.3 Å². The number of anilines is 1. The standard InChI is InChI=1S/C12H13Cl2N3O/c1-8(13)11-16-17-12(18-11)15-7-6-9-2-4-10(14)5-3-9/h2-5,8H,6-7H2,1H3,(H,15,17). The van der Waals surface area contributed by atoms with E-state index in [0.717, 1.165) is 11.4 Å². The van der Waals surface area contributed by atoms with Crippen molar-refractivity contribution in [3.63, 3.8) is 0 Å². The third-order valence-electron chi connectivity index (χ3n) is 2.38. The highest BCUT2D eigenvalue weighted by molar-refractivity contribution is 6.30. The Morgan fingerprint density at radius 3 is 2.61 bits per heavy atom. The van der Waals surface area contributed by atoms with E-state index in [2.05, 4.69) is 15.5 Å². The summed E-state index contributed by atoms with van der Waals surface area (Å²) in [5, 5.41) is 11.2. The maximum absolute atomic E-state index is 5.82. The molecular formula is C12H13Cl2N3O. The minimum Gasteiger partial charge on any atom is -0.407 e. The molecule has 0 amide bonds. The quantitative estimate of drug-likeness (QED) is 0.852. The number of hydrogen-bond donors (Lipinski definition) is 1. The molecule has 1 aromatic carbocycles. The second kappa shape index (κ2) is 6.07. The van der Waals surface area contributed by atoms with E-state index < -0.39 is 0 Å². The molecule has 1 heterocycles. The van der Waals surface area contributed by atoms with E-state index in [0.29, 0.717) is 18.5 Å². The maximum atomic E-state index is 5.82.